The number of rotatable bonds is 17. The van der Waals surface area contributed by atoms with Crippen molar-refractivity contribution in [3.63, 3.8) is 0 Å². The number of halogens is 2. The van der Waals surface area contributed by atoms with Crippen molar-refractivity contribution in [3.05, 3.63) is 402 Å². The van der Waals surface area contributed by atoms with E-state index in [2.05, 4.69) is 207 Å². The van der Waals surface area contributed by atoms with Gasteiger partial charge in [-0.15, -0.1) is 0 Å². The van der Waals surface area contributed by atoms with E-state index in [4.69, 9.17) is 0 Å². The number of nitrogens with zero attached hydrogens (tertiary/aromatic N) is 8. The summed E-state index contributed by atoms with van der Waals surface area (Å²) in [7, 11) is 0. The summed E-state index contributed by atoms with van der Waals surface area (Å²) in [5, 5.41) is 34.4. The molecule has 0 bridgehead atoms. The lowest BCUT2D eigenvalue weighted by atomic mass is 10.1. The molecule has 0 saturated carbocycles. The second kappa shape index (κ2) is 32.4. The molecule has 470 valence electrons. The molecule has 0 aliphatic rings. The lowest BCUT2D eigenvalue weighted by Gasteiger charge is -2.32. The van der Waals surface area contributed by atoms with E-state index >= 15 is 0 Å². The molecule has 98 heavy (non-hydrogen) atoms. The molecule has 0 fully saturated rings. The number of anilines is 17. The fourth-order valence-electron chi connectivity index (χ4n) is 11.5. The van der Waals surface area contributed by atoms with Crippen molar-refractivity contribution in [1.29, 1.82) is 15.8 Å². The van der Waals surface area contributed by atoms with Crippen LogP contribution >= 0.6 is 31.9 Å². The van der Waals surface area contributed by atoms with E-state index in [1.807, 2.05) is 249 Å². The van der Waals surface area contributed by atoms with Gasteiger partial charge in [0, 0.05) is 88.6 Å². The summed E-state index contributed by atoms with van der Waals surface area (Å²) in [6.07, 6.45) is 0. The van der Waals surface area contributed by atoms with Crippen LogP contribution in [0.15, 0.2) is 385 Å². The zero-order valence-electron chi connectivity index (χ0n) is 53.1. The highest BCUT2D eigenvalue weighted by Gasteiger charge is 2.25. The van der Waals surface area contributed by atoms with Gasteiger partial charge in [0.05, 0.1) is 33.8 Å². The molecule has 9 nitrogen and oxygen atoms in total. The zero-order valence-corrected chi connectivity index (χ0v) is 56.3. The fraction of sp³-hybridized carbons (Fsp3) is 0. The van der Waals surface area contributed by atoms with Crippen LogP contribution in [0.1, 0.15) is 16.7 Å². The molecule has 0 radical (unpaired) electrons. The van der Waals surface area contributed by atoms with Crippen molar-refractivity contribution in [1.82, 2.24) is 0 Å². The molecule has 0 spiro atoms. The van der Waals surface area contributed by atoms with Gasteiger partial charge in [-0.25, -0.2) is 0 Å². The van der Waals surface area contributed by atoms with Crippen molar-refractivity contribution < 1.29 is 0 Å². The highest BCUT2D eigenvalue weighted by Crippen LogP contribution is 2.47. The Kier molecular flexibility index (Phi) is 21.6. The Balaban J connectivity index is 0.000000208. The van der Waals surface area contributed by atoms with Crippen LogP contribution in [0.2, 0.25) is 0 Å². The van der Waals surface area contributed by atoms with Crippen LogP contribution in [0, 0.1) is 34.0 Å². The van der Waals surface area contributed by atoms with Gasteiger partial charge in [-0.2, -0.15) is 15.8 Å². The molecule has 0 saturated heterocycles. The van der Waals surface area contributed by atoms with Crippen LogP contribution < -0.4 is 29.8 Å². The quantitative estimate of drug-likeness (QED) is 0.0955. The van der Waals surface area contributed by atoms with Crippen LogP contribution in [0.3, 0.4) is 0 Å². The minimum Gasteiger partial charge on any atom is -0.354 e. The van der Waals surface area contributed by atoms with Gasteiger partial charge in [0.15, 0.2) is 0 Å². The largest absolute Gasteiger partial charge is 0.354 e. The predicted molar refractivity (Wildman–Crippen MR) is 412 cm³/mol. The molecule has 0 aliphatic carbocycles. The highest BCUT2D eigenvalue weighted by molar-refractivity contribution is 9.11. The Morgan fingerprint density at radius 1 is 0.214 bits per heavy atom. The van der Waals surface area contributed by atoms with Gasteiger partial charge in [0.25, 0.3) is 0 Å². The number of nitriles is 3. The normalized spacial score (nSPS) is 10.3. The van der Waals surface area contributed by atoms with Crippen molar-refractivity contribution in [2.75, 3.05) is 29.8 Å². The molecule has 14 aromatic carbocycles. The summed E-state index contributed by atoms with van der Waals surface area (Å²) in [5.41, 5.74) is 17.1. The molecular formula is C87H63Br2N9. The van der Waals surface area contributed by atoms with Crippen molar-refractivity contribution in [3.8, 4) is 18.2 Å². The standard InChI is InChI=1S/C56H40N6.C25H19N3.C6H4Br2/c57-41-43-34-36-53(59(45-20-7-1-8-21-45)46-22-9-2-10-23-46)39-55(43)61(49-28-15-5-16-29-49)51-32-19-33-52(38-51)62(50-30-17-6-18-31-50)56-40-54(37-35-44(56)42-58)60(47-24-11-3-12-25-47)48-26-13-4-14-27-48;26-19-20-16-17-24(18-25(20)27-21-10-4-1-5-11-21)28(22-12-6-2-7-13-22)23-14-8-3-9-15-23;7-5-2-1-3-6(8)4-5/h1-40H;1-18,27H;1-4H. The van der Waals surface area contributed by atoms with Crippen molar-refractivity contribution >= 4 is 129 Å². The maximum Gasteiger partial charge on any atom is 0.101 e. The van der Waals surface area contributed by atoms with E-state index in [9.17, 15) is 15.8 Å². The van der Waals surface area contributed by atoms with Crippen LogP contribution in [-0.2, 0) is 0 Å². The second-order valence-corrected chi connectivity index (χ2v) is 24.1. The van der Waals surface area contributed by atoms with Crippen LogP contribution in [0.4, 0.5) is 96.7 Å². The Hall–Kier alpha value is -12.7. The van der Waals surface area contributed by atoms with E-state index in [-0.39, 0.29) is 0 Å². The molecule has 14 aromatic rings. The molecule has 0 amide bonds. The topological polar surface area (TPSA) is 99.6 Å². The first kappa shape index (κ1) is 65.4. The molecule has 1 N–H and O–H groups in total. The number of nitrogens with one attached hydrogen (secondary N) is 1. The second-order valence-electron chi connectivity index (χ2n) is 22.3. The Labute approximate surface area is 590 Å². The summed E-state index contributed by atoms with van der Waals surface area (Å²) in [6.45, 7) is 0. The first-order valence-corrected chi connectivity index (χ1v) is 33.3. The van der Waals surface area contributed by atoms with Gasteiger partial charge in [-0.3, -0.25) is 0 Å². The summed E-state index contributed by atoms with van der Waals surface area (Å²) in [5.74, 6) is 0. The van der Waals surface area contributed by atoms with E-state index in [1.54, 1.807) is 0 Å². The Bertz CT molecular complexity index is 4680. The van der Waals surface area contributed by atoms with E-state index < -0.39 is 0 Å². The molecule has 0 unspecified atom stereocenters. The van der Waals surface area contributed by atoms with Crippen molar-refractivity contribution in [2.24, 2.45) is 0 Å². The fourth-order valence-corrected chi connectivity index (χ4v) is 12.6. The minimum absolute atomic E-state index is 0.519. The molecule has 14 rings (SSSR count). The molecule has 0 aliphatic heterocycles. The smallest absolute Gasteiger partial charge is 0.101 e. The minimum atomic E-state index is 0.519. The third-order valence-corrected chi connectivity index (χ3v) is 16.9. The molecule has 0 aromatic heterocycles. The summed E-state index contributed by atoms with van der Waals surface area (Å²) in [4.78, 5) is 10.9. The highest BCUT2D eigenvalue weighted by atomic mass is 79.9. The van der Waals surface area contributed by atoms with Gasteiger partial charge in [-0.05, 0) is 200 Å². The van der Waals surface area contributed by atoms with Gasteiger partial charge < -0.3 is 29.8 Å². The van der Waals surface area contributed by atoms with Crippen LogP contribution in [-0.4, -0.2) is 0 Å². The summed E-state index contributed by atoms with van der Waals surface area (Å²) in [6, 6.07) is 133. The third-order valence-electron chi connectivity index (χ3n) is 15.9. The molecule has 0 heterocycles. The zero-order chi connectivity index (χ0) is 67.3. The third kappa shape index (κ3) is 15.9. The van der Waals surface area contributed by atoms with Crippen molar-refractivity contribution in [2.45, 2.75) is 0 Å². The average molecular weight is 1390 g/mol. The Morgan fingerprint density at radius 3 is 0.745 bits per heavy atom. The number of benzene rings is 14. The van der Waals surface area contributed by atoms with E-state index in [0.717, 1.165) is 106 Å². The summed E-state index contributed by atoms with van der Waals surface area (Å²) >= 11 is 6.66. The maximum atomic E-state index is 10.7. The summed E-state index contributed by atoms with van der Waals surface area (Å²) < 4.78 is 2.21. The first-order chi connectivity index (χ1) is 48.3. The van der Waals surface area contributed by atoms with Gasteiger partial charge >= 0.3 is 0 Å². The lowest BCUT2D eigenvalue weighted by Crippen LogP contribution is -2.16. The van der Waals surface area contributed by atoms with Gasteiger partial charge in [0.1, 0.15) is 18.2 Å². The average Bonchev–Trinajstić information content (AvgIpc) is 0.792. The van der Waals surface area contributed by atoms with Gasteiger partial charge in [-0.1, -0.05) is 208 Å². The first-order valence-electron chi connectivity index (χ1n) is 31.7. The number of para-hydroxylation sites is 9. The van der Waals surface area contributed by atoms with E-state index in [1.165, 1.54) is 0 Å². The molecular weight excluding hydrogens is 1330 g/mol. The molecule has 0 atom stereocenters. The maximum absolute atomic E-state index is 10.7. The number of hydrogen-bond donors (Lipinski definition) is 1. The van der Waals surface area contributed by atoms with Crippen LogP contribution in [0.25, 0.3) is 0 Å². The lowest BCUT2D eigenvalue weighted by molar-refractivity contribution is 1.22. The van der Waals surface area contributed by atoms with Crippen LogP contribution in [0.5, 0.6) is 0 Å². The predicted octanol–water partition coefficient (Wildman–Crippen LogP) is 25.3. The monoisotopic (exact) mass is 1390 g/mol. The molecule has 11 heteroatoms. The van der Waals surface area contributed by atoms with E-state index in [0.29, 0.717) is 16.7 Å². The SMILES string of the molecule is Brc1cccc(Br)c1.N#Cc1ccc(N(c2ccccc2)c2ccccc2)cc1N(c1ccccc1)c1cccc(N(c2ccccc2)c2cc(N(c3ccccc3)c3ccccc3)ccc2C#N)c1.N#Cc1ccc(N(c2ccccc2)c2ccccc2)cc1Nc1ccccc1. The number of hydrogen-bond acceptors (Lipinski definition) is 9. The Morgan fingerprint density at radius 2 is 0.459 bits per heavy atom. The van der Waals surface area contributed by atoms with Gasteiger partial charge in [0.2, 0.25) is 0 Å².